The Morgan fingerprint density at radius 1 is 0.783 bits per heavy atom. The molecule has 0 radical (unpaired) electrons. The molecule has 0 aromatic heterocycles. The van der Waals surface area contributed by atoms with Crippen LogP contribution < -0.4 is 17.6 Å². The molecule has 0 saturated heterocycles. The van der Waals surface area contributed by atoms with Gasteiger partial charge in [-0.2, -0.15) is 6.42 Å². The van der Waals surface area contributed by atoms with Gasteiger partial charge in [-0.1, -0.05) is 0 Å². The second-order valence-corrected chi connectivity index (χ2v) is 2.39. The van der Waals surface area contributed by atoms with Gasteiger partial charge in [0.05, 0.1) is 0 Å². The van der Waals surface area contributed by atoms with Gasteiger partial charge in [0.2, 0.25) is 0 Å². The Labute approximate surface area is 145 Å². The molecule has 11 N–H and O–H groups in total. The third kappa shape index (κ3) is 87400. The second-order valence-electron chi connectivity index (χ2n) is 2.39. The Morgan fingerprint density at radius 3 is 0.913 bits per heavy atom. The summed E-state index contributed by atoms with van der Waals surface area (Å²) >= 11 is 0. The van der Waals surface area contributed by atoms with Crippen LogP contribution in [0.15, 0.2) is 0 Å². The van der Waals surface area contributed by atoms with Crippen LogP contribution >= 0.6 is 0 Å². The maximum Gasteiger partial charge on any atom is 0.161 e. The van der Waals surface area contributed by atoms with Crippen LogP contribution in [0.25, 0.3) is 0 Å². The molecule has 0 bridgehead atoms. The topological polar surface area (TPSA) is 236 Å². The summed E-state index contributed by atoms with van der Waals surface area (Å²) in [6.45, 7) is 12.4. The molecular weight excluding hydrogens is 361 g/mol. The maximum atomic E-state index is 8.89. The van der Waals surface area contributed by atoms with Crippen LogP contribution in [0.5, 0.6) is 0 Å². The van der Waals surface area contributed by atoms with Gasteiger partial charge in [-0.3, -0.25) is 53.4 Å². The summed E-state index contributed by atoms with van der Waals surface area (Å²) in [5, 5.41) is 29.2. The number of carboxylic acids is 4. The number of rotatable bonds is 2. The summed E-state index contributed by atoms with van der Waals surface area (Å²) < 4.78 is 0. The van der Waals surface area contributed by atoms with E-state index in [2.05, 4.69) is 27.7 Å². The van der Waals surface area contributed by atoms with Gasteiger partial charge in [0, 0.05) is 16.5 Å². The van der Waals surface area contributed by atoms with Crippen molar-refractivity contribution in [2.75, 3.05) is 6.54 Å². The second kappa shape index (κ2) is 42.7. The number of carboxylic acid groups (broad SMARTS) is 4. The van der Waals surface area contributed by atoms with Crippen LogP contribution in [0, 0.1) is 34.2 Å². The van der Waals surface area contributed by atoms with Crippen molar-refractivity contribution in [3.05, 3.63) is 34.2 Å². The molecule has 0 aliphatic rings. The van der Waals surface area contributed by atoms with E-state index in [1.54, 1.807) is 6.54 Å². The van der Waals surface area contributed by atoms with Gasteiger partial charge >= 0.3 is 0 Å². The fourth-order valence-electron chi connectivity index (χ4n) is 0.0962. The van der Waals surface area contributed by atoms with Crippen molar-refractivity contribution in [1.29, 1.82) is 0 Å². The molecule has 146 valence electrons. The molecule has 0 unspecified atom stereocenters. The first-order chi connectivity index (χ1) is 9.34. The average molecular weight is 385 g/mol. The van der Waals surface area contributed by atoms with E-state index >= 15 is 0 Å². The summed E-state index contributed by atoms with van der Waals surface area (Å²) in [5.41, 5.74) is 9.96. The van der Waals surface area contributed by atoms with Gasteiger partial charge in [-0.25, -0.2) is 0 Å². The summed E-state index contributed by atoms with van der Waals surface area (Å²) in [7, 11) is 0. The van der Waals surface area contributed by atoms with Crippen LogP contribution in [-0.2, 0) is 35.7 Å². The minimum atomic E-state index is -1.08. The normalized spacial score (nSPS) is 6.00. The quantitative estimate of drug-likeness (QED) is 0.230. The molecule has 0 spiro atoms. The minimum Gasteiger partial charge on any atom is -0.503 e. The Balaban J connectivity index is -0.0000000273. The number of hydrogen-bond acceptors (Lipinski definition) is 7. The van der Waals surface area contributed by atoms with E-state index in [1.807, 2.05) is 0 Å². The van der Waals surface area contributed by atoms with Crippen molar-refractivity contribution < 1.29 is 56.1 Å². The zero-order chi connectivity index (χ0) is 18.4. The van der Waals surface area contributed by atoms with Gasteiger partial charge in [-0.15, -0.1) is 0 Å². The smallest absolute Gasteiger partial charge is 0.161 e. The van der Waals surface area contributed by atoms with Gasteiger partial charge < -0.3 is 38.0 Å². The first kappa shape index (κ1) is 42.8. The molecule has 11 nitrogen and oxygen atoms in total. The Kier molecular flexibility index (Phi) is 79.5. The third-order valence-corrected chi connectivity index (χ3v) is 0.333. The van der Waals surface area contributed by atoms with E-state index in [4.69, 9.17) is 51.1 Å². The van der Waals surface area contributed by atoms with Crippen molar-refractivity contribution in [3.63, 3.8) is 0 Å². The Morgan fingerprint density at radius 2 is 0.913 bits per heavy atom. The number of aliphatic carboxylic acids is 4. The first-order valence-electron chi connectivity index (χ1n) is 4.77. The molecular formula is C11H24N3NiO8-5. The van der Waals surface area contributed by atoms with Gasteiger partial charge in [0.1, 0.15) is 0 Å². The van der Waals surface area contributed by atoms with Crippen molar-refractivity contribution in [2.45, 2.75) is 6.42 Å². The van der Waals surface area contributed by atoms with Gasteiger partial charge in [-0.05, 0) is 6.54 Å². The molecule has 0 aromatic carbocycles. The zero-order valence-electron chi connectivity index (χ0n) is 12.4. The van der Waals surface area contributed by atoms with Crippen molar-refractivity contribution in [2.24, 2.45) is 11.5 Å². The van der Waals surface area contributed by atoms with Crippen molar-refractivity contribution in [3.8, 4) is 0 Å². The summed E-state index contributed by atoms with van der Waals surface area (Å²) in [6, 6.07) is 0. The van der Waals surface area contributed by atoms with Crippen LogP contribution in [-0.4, -0.2) is 50.8 Å². The first-order valence-corrected chi connectivity index (χ1v) is 4.77. The summed E-state index contributed by atoms with van der Waals surface area (Å²) in [5.74, 6) is -4.33. The van der Waals surface area contributed by atoms with Crippen LogP contribution in [0.2, 0.25) is 0 Å². The zero-order valence-corrected chi connectivity index (χ0v) is 13.4. The molecule has 0 fully saturated rings. The molecule has 23 heavy (non-hydrogen) atoms. The molecule has 0 saturated carbocycles. The number of carbonyl (C=O) groups is 4. The standard InChI is InChI=1S/C3H9N2.4C2H3O2.H3N.Ni/c4-2-1-3-5;4*1-2(3)4;;/h2H,1,3-5H2;4*1H2,(H,3,4);1H3;/q5*-1;;. The summed E-state index contributed by atoms with van der Waals surface area (Å²) in [4.78, 5) is 35.6. The monoisotopic (exact) mass is 384 g/mol. The molecule has 0 heterocycles. The van der Waals surface area contributed by atoms with E-state index in [1.165, 1.54) is 0 Å². The minimum absolute atomic E-state index is 0. The molecule has 0 aliphatic carbocycles. The van der Waals surface area contributed by atoms with Crippen molar-refractivity contribution in [1.82, 2.24) is 6.15 Å². The van der Waals surface area contributed by atoms with Crippen LogP contribution in [0.3, 0.4) is 0 Å². The van der Waals surface area contributed by atoms with E-state index in [-0.39, 0.29) is 22.6 Å². The van der Waals surface area contributed by atoms with E-state index < -0.39 is 23.9 Å². The largest absolute Gasteiger partial charge is 0.503 e. The van der Waals surface area contributed by atoms with Crippen LogP contribution in [0.1, 0.15) is 6.42 Å². The maximum absolute atomic E-state index is 8.89. The number of hydrogen-bond donors (Lipinski definition) is 7. The number of nitrogens with two attached hydrogens (primary N) is 2. The Bertz CT molecular complexity index is 212. The molecule has 0 rings (SSSR count). The fraction of sp³-hybridized carbons (Fsp3) is 0.182. The van der Waals surface area contributed by atoms with Crippen LogP contribution in [0.4, 0.5) is 0 Å². The van der Waals surface area contributed by atoms with Crippen molar-refractivity contribution >= 4 is 23.9 Å². The molecule has 12 heteroatoms. The fourth-order valence-corrected chi connectivity index (χ4v) is 0.0962. The van der Waals surface area contributed by atoms with E-state index in [9.17, 15) is 0 Å². The molecule has 0 aliphatic heterocycles. The van der Waals surface area contributed by atoms with Gasteiger partial charge in [0.15, 0.2) is 23.9 Å². The van der Waals surface area contributed by atoms with E-state index in [0.717, 1.165) is 6.42 Å². The third-order valence-electron chi connectivity index (χ3n) is 0.333. The molecule has 0 aromatic rings. The molecule has 0 amide bonds. The molecule has 0 atom stereocenters. The Hall–Kier alpha value is -2.27. The van der Waals surface area contributed by atoms with Gasteiger partial charge in [0.25, 0.3) is 0 Å². The average Bonchev–Trinajstić information content (AvgIpc) is 2.14. The predicted octanol–water partition coefficient (Wildman–Crippen LogP) is -0.764. The van der Waals surface area contributed by atoms with E-state index in [0.29, 0.717) is 6.54 Å². The summed E-state index contributed by atoms with van der Waals surface area (Å²) in [6.07, 6.45) is 0.819. The predicted molar refractivity (Wildman–Crippen MR) is 79.2 cm³/mol. The SMILES string of the molecule is N.N[CH-]CCN.[CH2-]C(=O)O.[CH2-]C(=O)O.[CH2-]C(=O)O.[CH2-]C(=O)O.[Ni].